The highest BCUT2D eigenvalue weighted by atomic mass is 35.5. The van der Waals surface area contributed by atoms with Crippen LogP contribution in [0.25, 0.3) is 0 Å². The molecule has 0 saturated carbocycles. The third-order valence-corrected chi connectivity index (χ3v) is 4.30. The zero-order chi connectivity index (χ0) is 15.6. The molecule has 0 bridgehead atoms. The van der Waals surface area contributed by atoms with Gasteiger partial charge in [-0.1, -0.05) is 23.2 Å². The summed E-state index contributed by atoms with van der Waals surface area (Å²) in [5.74, 6) is -0.790. The van der Waals surface area contributed by atoms with Gasteiger partial charge < -0.3 is 0 Å². The molecule has 0 heterocycles. The first-order chi connectivity index (χ1) is 9.81. The predicted molar refractivity (Wildman–Crippen MR) is 78.4 cm³/mol. The molecule has 0 radical (unpaired) electrons. The van der Waals surface area contributed by atoms with Gasteiger partial charge in [-0.2, -0.15) is 5.26 Å². The number of benzene rings is 2. The molecule has 0 aliphatic carbocycles. The third-order valence-electron chi connectivity index (χ3n) is 2.48. The molecule has 2 aromatic rings. The lowest BCUT2D eigenvalue weighted by Gasteiger charge is -2.09. The van der Waals surface area contributed by atoms with Crippen LogP contribution in [0.15, 0.2) is 41.3 Å². The van der Waals surface area contributed by atoms with Gasteiger partial charge in [-0.05, 0) is 36.4 Å². The van der Waals surface area contributed by atoms with E-state index in [4.69, 9.17) is 28.5 Å². The normalized spacial score (nSPS) is 11.0. The second kappa shape index (κ2) is 5.90. The lowest BCUT2D eigenvalue weighted by atomic mass is 10.2. The first-order valence-electron chi connectivity index (χ1n) is 5.50. The number of halogens is 3. The van der Waals surface area contributed by atoms with E-state index in [1.165, 1.54) is 18.2 Å². The van der Waals surface area contributed by atoms with Crippen LogP contribution in [0.3, 0.4) is 0 Å². The van der Waals surface area contributed by atoms with Gasteiger partial charge in [0.15, 0.2) is 0 Å². The Hall–Kier alpha value is -1.81. The smallest absolute Gasteiger partial charge is 0.261 e. The van der Waals surface area contributed by atoms with Gasteiger partial charge in [-0.3, -0.25) is 4.72 Å². The Morgan fingerprint density at radius 3 is 2.29 bits per heavy atom. The van der Waals surface area contributed by atoms with Crippen molar-refractivity contribution in [2.24, 2.45) is 0 Å². The Bertz CT molecular complexity index is 827. The van der Waals surface area contributed by atoms with Gasteiger partial charge in [0.2, 0.25) is 0 Å². The van der Waals surface area contributed by atoms with Crippen molar-refractivity contribution in [2.45, 2.75) is 4.90 Å². The highest BCUT2D eigenvalue weighted by Crippen LogP contribution is 2.25. The molecule has 8 heteroatoms. The first kappa shape index (κ1) is 15.6. The van der Waals surface area contributed by atoms with Gasteiger partial charge >= 0.3 is 0 Å². The second-order valence-corrected chi connectivity index (χ2v) is 6.57. The van der Waals surface area contributed by atoms with E-state index < -0.39 is 15.8 Å². The van der Waals surface area contributed by atoms with E-state index in [9.17, 15) is 12.8 Å². The van der Waals surface area contributed by atoms with Gasteiger partial charge in [-0.15, -0.1) is 0 Å². The van der Waals surface area contributed by atoms with Crippen molar-refractivity contribution in [3.63, 3.8) is 0 Å². The zero-order valence-corrected chi connectivity index (χ0v) is 12.6. The molecule has 0 atom stereocenters. The largest absolute Gasteiger partial charge is 0.280 e. The minimum absolute atomic E-state index is 0.162. The number of nitriles is 1. The summed E-state index contributed by atoms with van der Waals surface area (Å²) in [6.45, 7) is 0. The van der Waals surface area contributed by atoms with E-state index in [0.717, 1.165) is 18.2 Å². The molecule has 0 aromatic heterocycles. The molecule has 1 N–H and O–H groups in total. The van der Waals surface area contributed by atoms with Crippen LogP contribution in [0, 0.1) is 17.1 Å². The summed E-state index contributed by atoms with van der Waals surface area (Å²) in [5, 5.41) is 9.25. The third kappa shape index (κ3) is 3.64. The van der Waals surface area contributed by atoms with Crippen LogP contribution in [0.4, 0.5) is 10.1 Å². The summed E-state index contributed by atoms with van der Waals surface area (Å²) in [6, 6.07) is 8.70. The molecular weight excluding hydrogens is 338 g/mol. The fourth-order valence-electron chi connectivity index (χ4n) is 1.58. The number of hydrogen-bond acceptors (Lipinski definition) is 3. The summed E-state index contributed by atoms with van der Waals surface area (Å²) in [7, 11) is -3.98. The molecule has 2 rings (SSSR count). The van der Waals surface area contributed by atoms with E-state index in [1.54, 1.807) is 6.07 Å². The van der Waals surface area contributed by atoms with Crippen LogP contribution in [0.1, 0.15) is 5.56 Å². The first-order valence-corrected chi connectivity index (χ1v) is 7.74. The zero-order valence-electron chi connectivity index (χ0n) is 10.3. The maximum atomic E-state index is 13.2. The number of hydrogen-bond donors (Lipinski definition) is 1. The molecular formula is C13H7Cl2FN2O2S. The molecule has 21 heavy (non-hydrogen) atoms. The maximum absolute atomic E-state index is 13.2. The van der Waals surface area contributed by atoms with E-state index in [0.29, 0.717) is 0 Å². The summed E-state index contributed by atoms with van der Waals surface area (Å²) < 4.78 is 39.8. The van der Waals surface area contributed by atoms with Crippen molar-refractivity contribution < 1.29 is 12.8 Å². The van der Waals surface area contributed by atoms with E-state index >= 15 is 0 Å². The van der Waals surface area contributed by atoms with Crippen LogP contribution in [0.2, 0.25) is 10.0 Å². The lowest BCUT2D eigenvalue weighted by Crippen LogP contribution is -2.13. The molecule has 0 aliphatic rings. The minimum atomic E-state index is -3.98. The average Bonchev–Trinajstić information content (AvgIpc) is 2.37. The Labute approximate surface area is 130 Å². The van der Waals surface area contributed by atoms with Gasteiger partial charge in [0, 0.05) is 10.0 Å². The van der Waals surface area contributed by atoms with E-state index in [-0.39, 0.29) is 26.2 Å². The molecule has 2 aromatic carbocycles. The molecule has 108 valence electrons. The Morgan fingerprint density at radius 2 is 1.71 bits per heavy atom. The lowest BCUT2D eigenvalue weighted by molar-refractivity contribution is 0.599. The standard InChI is InChI=1S/C13H7Cl2FN2O2S/c14-9-4-10(15)6-11(5-9)18-21(19,20)12-1-2-13(16)8(3-12)7-17/h1-6,18H. The number of rotatable bonds is 3. The molecule has 0 aliphatic heterocycles. The molecule has 0 unspecified atom stereocenters. The molecule has 0 saturated heterocycles. The van der Waals surface area contributed by atoms with Crippen LogP contribution >= 0.6 is 23.2 Å². The van der Waals surface area contributed by atoms with Crippen LogP contribution in [-0.2, 0) is 10.0 Å². The number of nitrogens with one attached hydrogen (secondary N) is 1. The summed E-state index contributed by atoms with van der Waals surface area (Å²) >= 11 is 11.6. The maximum Gasteiger partial charge on any atom is 0.261 e. The minimum Gasteiger partial charge on any atom is -0.280 e. The van der Waals surface area contributed by atoms with Crippen molar-refractivity contribution in [3.8, 4) is 6.07 Å². The van der Waals surface area contributed by atoms with Gasteiger partial charge in [0.25, 0.3) is 10.0 Å². The van der Waals surface area contributed by atoms with Crippen molar-refractivity contribution in [2.75, 3.05) is 4.72 Å². The highest BCUT2D eigenvalue weighted by Gasteiger charge is 2.17. The molecule has 0 spiro atoms. The summed E-state index contributed by atoms with van der Waals surface area (Å²) in [6.07, 6.45) is 0. The van der Waals surface area contributed by atoms with Crippen molar-refractivity contribution in [3.05, 3.63) is 57.8 Å². The Balaban J connectivity index is 2.41. The number of anilines is 1. The quantitative estimate of drug-likeness (QED) is 0.920. The summed E-state index contributed by atoms with van der Waals surface area (Å²) in [4.78, 5) is -0.239. The van der Waals surface area contributed by atoms with Crippen LogP contribution < -0.4 is 4.72 Å². The second-order valence-electron chi connectivity index (χ2n) is 4.02. The Morgan fingerprint density at radius 1 is 1.10 bits per heavy atom. The number of nitrogens with zero attached hydrogens (tertiary/aromatic N) is 1. The monoisotopic (exact) mass is 344 g/mol. The molecule has 0 fully saturated rings. The molecule has 0 amide bonds. The van der Waals surface area contributed by atoms with Gasteiger partial charge in [0.05, 0.1) is 16.1 Å². The van der Waals surface area contributed by atoms with Crippen molar-refractivity contribution in [1.82, 2.24) is 0 Å². The Kier molecular flexibility index (Phi) is 4.37. The van der Waals surface area contributed by atoms with Crippen LogP contribution in [0.5, 0.6) is 0 Å². The molecule has 4 nitrogen and oxygen atoms in total. The SMILES string of the molecule is N#Cc1cc(S(=O)(=O)Nc2cc(Cl)cc(Cl)c2)ccc1F. The van der Waals surface area contributed by atoms with Crippen LogP contribution in [-0.4, -0.2) is 8.42 Å². The van der Waals surface area contributed by atoms with Crippen molar-refractivity contribution >= 4 is 38.9 Å². The van der Waals surface area contributed by atoms with Gasteiger partial charge in [-0.25, -0.2) is 12.8 Å². The average molecular weight is 345 g/mol. The summed E-state index contributed by atoms with van der Waals surface area (Å²) in [5.41, 5.74) is -0.197. The topological polar surface area (TPSA) is 70.0 Å². The fourth-order valence-corrected chi connectivity index (χ4v) is 3.18. The predicted octanol–water partition coefficient (Wildman–Crippen LogP) is 3.80. The van der Waals surface area contributed by atoms with E-state index in [2.05, 4.69) is 4.72 Å². The van der Waals surface area contributed by atoms with Crippen molar-refractivity contribution in [1.29, 1.82) is 5.26 Å². The van der Waals surface area contributed by atoms with E-state index in [1.807, 2.05) is 0 Å². The number of sulfonamides is 1. The highest BCUT2D eigenvalue weighted by molar-refractivity contribution is 7.92. The fraction of sp³-hybridized carbons (Fsp3) is 0. The van der Waals surface area contributed by atoms with Gasteiger partial charge in [0.1, 0.15) is 11.9 Å².